The van der Waals surface area contributed by atoms with Crippen molar-refractivity contribution in [2.24, 2.45) is 0 Å². The van der Waals surface area contributed by atoms with Crippen LogP contribution in [0.3, 0.4) is 0 Å². The Bertz CT molecular complexity index is 916. The molecule has 8 nitrogen and oxygen atoms in total. The first-order valence-electron chi connectivity index (χ1n) is 6.26. The molecule has 3 rings (SSSR count). The van der Waals surface area contributed by atoms with Crippen molar-refractivity contribution in [3.05, 3.63) is 62.2 Å². The summed E-state index contributed by atoms with van der Waals surface area (Å²) in [5.41, 5.74) is 1.76. The van der Waals surface area contributed by atoms with E-state index in [0.717, 1.165) is 0 Å². The minimum atomic E-state index is -0.510. The largest absolute Gasteiger partial charge is 0.436 e. The minimum absolute atomic E-state index is 0.00972. The van der Waals surface area contributed by atoms with Crippen LogP contribution in [0.5, 0.6) is 0 Å². The van der Waals surface area contributed by atoms with Gasteiger partial charge in [-0.15, -0.1) is 0 Å². The topological polar surface area (TPSA) is 112 Å². The molecule has 22 heavy (non-hydrogen) atoms. The van der Waals surface area contributed by atoms with Crippen molar-refractivity contribution >= 4 is 22.5 Å². The highest BCUT2D eigenvalue weighted by atomic mass is 16.6. The fourth-order valence-electron chi connectivity index (χ4n) is 2.15. The van der Waals surface area contributed by atoms with E-state index in [0.29, 0.717) is 22.2 Å². The highest BCUT2D eigenvalue weighted by Gasteiger charge is 2.16. The Kier molecular flexibility index (Phi) is 3.06. The summed E-state index contributed by atoms with van der Waals surface area (Å²) in [5, 5.41) is 21.6. The molecule has 110 valence electrons. The van der Waals surface area contributed by atoms with Crippen molar-refractivity contribution in [3.63, 3.8) is 0 Å². The van der Waals surface area contributed by atoms with E-state index < -0.39 is 9.85 Å². The number of non-ortho nitro benzene ring substituents is 1. The average Bonchev–Trinajstić information content (AvgIpc) is 2.89. The van der Waals surface area contributed by atoms with Crippen LogP contribution < -0.4 is 0 Å². The van der Waals surface area contributed by atoms with Crippen molar-refractivity contribution in [1.29, 1.82) is 0 Å². The van der Waals surface area contributed by atoms with Gasteiger partial charge in [0.15, 0.2) is 5.58 Å². The molecule has 2 aromatic carbocycles. The molecule has 3 aromatic rings. The summed E-state index contributed by atoms with van der Waals surface area (Å²) in [5.74, 6) is 0.258. The maximum Gasteiger partial charge on any atom is 0.272 e. The first-order chi connectivity index (χ1) is 10.5. The Hall–Kier alpha value is -3.29. The van der Waals surface area contributed by atoms with Gasteiger partial charge in [0.1, 0.15) is 5.52 Å². The Morgan fingerprint density at radius 3 is 2.45 bits per heavy atom. The van der Waals surface area contributed by atoms with Crippen LogP contribution >= 0.6 is 0 Å². The third kappa shape index (κ3) is 2.26. The molecule has 0 aliphatic carbocycles. The number of nitro groups is 2. The second-order valence-corrected chi connectivity index (χ2v) is 4.69. The lowest BCUT2D eigenvalue weighted by Crippen LogP contribution is -1.91. The van der Waals surface area contributed by atoms with Gasteiger partial charge in [0.05, 0.1) is 9.85 Å². The monoisotopic (exact) mass is 299 g/mol. The summed E-state index contributed by atoms with van der Waals surface area (Å²) >= 11 is 0. The molecule has 0 radical (unpaired) electrons. The summed E-state index contributed by atoms with van der Waals surface area (Å²) in [4.78, 5) is 24.8. The molecule has 0 atom stereocenters. The molecule has 0 bridgehead atoms. The van der Waals surface area contributed by atoms with Crippen LogP contribution in [0.25, 0.3) is 22.6 Å². The number of nitrogens with zero attached hydrogens (tertiary/aromatic N) is 3. The number of aromatic nitrogens is 1. The van der Waals surface area contributed by atoms with E-state index in [2.05, 4.69) is 4.98 Å². The molecule has 0 spiro atoms. The molecule has 0 N–H and O–H groups in total. The number of rotatable bonds is 3. The van der Waals surface area contributed by atoms with E-state index >= 15 is 0 Å². The van der Waals surface area contributed by atoms with Crippen LogP contribution in [-0.4, -0.2) is 14.8 Å². The number of oxazole rings is 1. The van der Waals surface area contributed by atoms with E-state index in [-0.39, 0.29) is 17.3 Å². The first-order valence-corrected chi connectivity index (χ1v) is 6.26. The maximum absolute atomic E-state index is 10.8. The van der Waals surface area contributed by atoms with Crippen LogP contribution in [0, 0.1) is 27.2 Å². The second kappa shape index (κ2) is 4.92. The molecule has 1 aromatic heterocycles. The number of benzene rings is 2. The summed E-state index contributed by atoms with van der Waals surface area (Å²) in [7, 11) is 0. The number of hydrogen-bond acceptors (Lipinski definition) is 6. The molecule has 0 saturated carbocycles. The highest BCUT2D eigenvalue weighted by molar-refractivity contribution is 5.78. The fraction of sp³-hybridized carbons (Fsp3) is 0.0714. The van der Waals surface area contributed by atoms with Gasteiger partial charge >= 0.3 is 0 Å². The molecule has 0 saturated heterocycles. The summed E-state index contributed by atoms with van der Waals surface area (Å²) in [6.45, 7) is 1.62. The van der Waals surface area contributed by atoms with Crippen molar-refractivity contribution in [2.75, 3.05) is 0 Å². The van der Waals surface area contributed by atoms with Gasteiger partial charge < -0.3 is 4.42 Å². The van der Waals surface area contributed by atoms with Crippen molar-refractivity contribution in [3.8, 4) is 11.5 Å². The molecule has 0 aliphatic heterocycles. The molecule has 0 amide bonds. The van der Waals surface area contributed by atoms with Gasteiger partial charge in [-0.05, 0) is 25.1 Å². The molecule has 8 heteroatoms. The quantitative estimate of drug-likeness (QED) is 0.539. The Morgan fingerprint density at radius 1 is 1.05 bits per heavy atom. The van der Waals surface area contributed by atoms with Crippen LogP contribution in [0.1, 0.15) is 5.56 Å². The molecule has 1 heterocycles. The Balaban J connectivity index is 2.08. The third-order valence-electron chi connectivity index (χ3n) is 3.22. The minimum Gasteiger partial charge on any atom is -0.436 e. The zero-order valence-electron chi connectivity index (χ0n) is 11.3. The van der Waals surface area contributed by atoms with Gasteiger partial charge in [-0.25, -0.2) is 4.98 Å². The zero-order valence-corrected chi connectivity index (χ0v) is 11.3. The Morgan fingerprint density at radius 2 is 1.82 bits per heavy atom. The molecular weight excluding hydrogens is 290 g/mol. The molecule has 0 unspecified atom stereocenters. The van der Waals surface area contributed by atoms with Crippen LogP contribution in [0.2, 0.25) is 0 Å². The maximum atomic E-state index is 10.8. The van der Waals surface area contributed by atoms with Crippen molar-refractivity contribution < 1.29 is 14.3 Å². The van der Waals surface area contributed by atoms with E-state index in [9.17, 15) is 20.2 Å². The van der Waals surface area contributed by atoms with E-state index in [1.165, 1.54) is 30.3 Å². The van der Waals surface area contributed by atoms with Gasteiger partial charge in [0, 0.05) is 29.3 Å². The summed E-state index contributed by atoms with van der Waals surface area (Å²) in [6.07, 6.45) is 0. The number of fused-ring (bicyclic) bond motifs is 1. The smallest absolute Gasteiger partial charge is 0.272 e. The number of aryl methyl sites for hydroxylation is 1. The zero-order chi connectivity index (χ0) is 15.9. The molecule has 0 fully saturated rings. The number of hydrogen-bond donors (Lipinski definition) is 0. The average molecular weight is 299 g/mol. The van der Waals surface area contributed by atoms with Gasteiger partial charge in [0.2, 0.25) is 5.89 Å². The van der Waals surface area contributed by atoms with Crippen LogP contribution in [0.15, 0.2) is 40.8 Å². The normalized spacial score (nSPS) is 10.8. The van der Waals surface area contributed by atoms with Gasteiger partial charge in [-0.2, -0.15) is 0 Å². The van der Waals surface area contributed by atoms with Crippen molar-refractivity contribution in [1.82, 2.24) is 4.98 Å². The number of nitro benzene ring substituents is 2. The summed E-state index contributed by atoms with van der Waals surface area (Å²) < 4.78 is 5.54. The van der Waals surface area contributed by atoms with E-state index in [1.54, 1.807) is 13.0 Å². The fourth-order valence-corrected chi connectivity index (χ4v) is 2.15. The predicted octanol–water partition coefficient (Wildman–Crippen LogP) is 3.62. The predicted molar refractivity (Wildman–Crippen MR) is 77.5 cm³/mol. The molecular formula is C14H9N3O5. The third-order valence-corrected chi connectivity index (χ3v) is 3.22. The second-order valence-electron chi connectivity index (χ2n) is 4.69. The lowest BCUT2D eigenvalue weighted by Gasteiger charge is -1.99. The molecule has 0 aliphatic rings. The van der Waals surface area contributed by atoms with E-state index in [4.69, 9.17) is 4.42 Å². The highest BCUT2D eigenvalue weighted by Crippen LogP contribution is 2.29. The van der Waals surface area contributed by atoms with Crippen LogP contribution in [-0.2, 0) is 0 Å². The Labute approximate surface area is 123 Å². The van der Waals surface area contributed by atoms with Gasteiger partial charge in [0.25, 0.3) is 11.4 Å². The van der Waals surface area contributed by atoms with Gasteiger partial charge in [-0.3, -0.25) is 20.2 Å². The first kappa shape index (κ1) is 13.7. The SMILES string of the molecule is Cc1cc(-c2nc3cc([N+](=O)[O-])ccc3o2)ccc1[N+](=O)[O-]. The van der Waals surface area contributed by atoms with E-state index in [1.807, 2.05) is 0 Å². The lowest BCUT2D eigenvalue weighted by atomic mass is 10.1. The van der Waals surface area contributed by atoms with Crippen LogP contribution in [0.4, 0.5) is 11.4 Å². The lowest BCUT2D eigenvalue weighted by molar-refractivity contribution is -0.385. The van der Waals surface area contributed by atoms with Crippen molar-refractivity contribution in [2.45, 2.75) is 6.92 Å². The van der Waals surface area contributed by atoms with Gasteiger partial charge in [-0.1, -0.05) is 0 Å². The standard InChI is InChI=1S/C14H9N3O5/c1-8-6-9(2-4-12(8)17(20)21)14-15-11-7-10(16(18)19)3-5-13(11)22-14/h2-7H,1H3. The summed E-state index contributed by atoms with van der Waals surface area (Å²) in [6, 6.07) is 8.63.